The average Bonchev–Trinajstić information content (AvgIpc) is 2.67. The van der Waals surface area contributed by atoms with Crippen molar-refractivity contribution in [1.82, 2.24) is 14.7 Å². The number of carbonyl (C=O) groups is 2. The number of β-amino-alcohol motifs (C(OH)–C–C–N with tert-alkyl or cyclic N) is 1. The van der Waals surface area contributed by atoms with Gasteiger partial charge in [-0.25, -0.2) is 4.79 Å². The number of aliphatic hydroxyl groups excluding tert-OH is 1. The molecule has 0 aromatic carbocycles. The van der Waals surface area contributed by atoms with E-state index in [0.717, 1.165) is 0 Å². The number of aliphatic hydroxyl groups is 1. The predicted octanol–water partition coefficient (Wildman–Crippen LogP) is -0.244. The minimum atomic E-state index is -0.920. The van der Waals surface area contributed by atoms with Crippen LogP contribution in [0.4, 0.5) is 4.79 Å². The molecule has 0 radical (unpaired) electrons. The Morgan fingerprint density at radius 3 is 2.45 bits per heavy atom. The van der Waals surface area contributed by atoms with Crippen LogP contribution in [0, 0.1) is 5.92 Å². The van der Waals surface area contributed by atoms with Crippen molar-refractivity contribution in [3.8, 4) is 0 Å². The van der Waals surface area contributed by atoms with Gasteiger partial charge >= 0.3 is 12.0 Å². The summed E-state index contributed by atoms with van der Waals surface area (Å²) < 4.78 is 0. The fourth-order valence-corrected chi connectivity index (χ4v) is 2.51. The quantitative estimate of drug-likeness (QED) is 0.729. The first-order valence-corrected chi connectivity index (χ1v) is 6.79. The Kier molecular flexibility index (Phi) is 5.76. The Balaban J connectivity index is 2.66. The molecule has 3 unspecified atom stereocenters. The molecule has 1 aliphatic heterocycles. The van der Waals surface area contributed by atoms with E-state index in [1.165, 1.54) is 4.90 Å². The molecule has 1 aliphatic rings. The molecule has 1 fully saturated rings. The van der Waals surface area contributed by atoms with E-state index < -0.39 is 18.0 Å². The molecule has 1 heterocycles. The van der Waals surface area contributed by atoms with Gasteiger partial charge in [-0.05, 0) is 20.5 Å². The molecule has 3 atom stereocenters. The van der Waals surface area contributed by atoms with Crippen molar-refractivity contribution in [1.29, 1.82) is 0 Å². The average molecular weight is 287 g/mol. The third-order valence-electron chi connectivity index (χ3n) is 3.51. The van der Waals surface area contributed by atoms with Crippen molar-refractivity contribution in [2.24, 2.45) is 5.92 Å². The molecule has 0 bridgehead atoms. The first kappa shape index (κ1) is 16.7. The van der Waals surface area contributed by atoms with Gasteiger partial charge in [0.05, 0.1) is 12.0 Å². The number of carboxylic acids is 1. The molecule has 1 rings (SSSR count). The van der Waals surface area contributed by atoms with E-state index >= 15 is 0 Å². The van der Waals surface area contributed by atoms with Crippen LogP contribution in [-0.2, 0) is 4.79 Å². The zero-order chi connectivity index (χ0) is 15.4. The van der Waals surface area contributed by atoms with E-state index in [4.69, 9.17) is 5.11 Å². The number of nitrogens with zero attached hydrogens (tertiary/aromatic N) is 3. The zero-order valence-electron chi connectivity index (χ0n) is 12.6. The normalized spacial score (nSPS) is 24.0. The van der Waals surface area contributed by atoms with Crippen molar-refractivity contribution in [3.63, 3.8) is 0 Å². The van der Waals surface area contributed by atoms with Crippen molar-refractivity contribution in [2.75, 3.05) is 40.8 Å². The number of rotatable bonds is 5. The Labute approximate surface area is 119 Å². The number of urea groups is 1. The number of amides is 2. The molecule has 0 aliphatic carbocycles. The number of likely N-dealkylation sites (N-methyl/N-ethyl adjacent to an activating group) is 1. The Morgan fingerprint density at radius 1 is 1.35 bits per heavy atom. The molecule has 7 heteroatoms. The minimum absolute atomic E-state index is 0.0323. The van der Waals surface area contributed by atoms with Crippen LogP contribution in [0.2, 0.25) is 0 Å². The smallest absolute Gasteiger partial charge is 0.320 e. The second-order valence-electron chi connectivity index (χ2n) is 5.86. The van der Waals surface area contributed by atoms with Crippen LogP contribution in [0.3, 0.4) is 0 Å². The van der Waals surface area contributed by atoms with E-state index in [0.29, 0.717) is 19.5 Å². The summed E-state index contributed by atoms with van der Waals surface area (Å²) in [6, 6.07) is -0.253. The van der Waals surface area contributed by atoms with Crippen molar-refractivity contribution in [2.45, 2.75) is 25.5 Å². The van der Waals surface area contributed by atoms with Gasteiger partial charge in [-0.15, -0.1) is 0 Å². The molecule has 0 aromatic heterocycles. The highest BCUT2D eigenvalue weighted by Gasteiger charge is 2.36. The summed E-state index contributed by atoms with van der Waals surface area (Å²) in [5.74, 6) is -1.53. The Hall–Kier alpha value is -1.34. The lowest BCUT2D eigenvalue weighted by Crippen LogP contribution is -2.48. The van der Waals surface area contributed by atoms with Crippen LogP contribution in [-0.4, -0.2) is 89.8 Å². The topological polar surface area (TPSA) is 84.3 Å². The van der Waals surface area contributed by atoms with E-state index in [1.54, 1.807) is 18.9 Å². The largest absolute Gasteiger partial charge is 0.481 e. The predicted molar refractivity (Wildman–Crippen MR) is 74.5 cm³/mol. The maximum atomic E-state index is 12.4. The van der Waals surface area contributed by atoms with Gasteiger partial charge in [0.25, 0.3) is 0 Å². The summed E-state index contributed by atoms with van der Waals surface area (Å²) in [5.41, 5.74) is 0. The van der Waals surface area contributed by atoms with Gasteiger partial charge in [0.1, 0.15) is 0 Å². The van der Waals surface area contributed by atoms with E-state index in [2.05, 4.69) is 0 Å². The monoisotopic (exact) mass is 287 g/mol. The van der Waals surface area contributed by atoms with Gasteiger partial charge in [0, 0.05) is 32.7 Å². The van der Waals surface area contributed by atoms with Gasteiger partial charge in [0.15, 0.2) is 0 Å². The van der Waals surface area contributed by atoms with E-state index in [9.17, 15) is 14.7 Å². The summed E-state index contributed by atoms with van der Waals surface area (Å²) in [7, 11) is 5.44. The fourth-order valence-electron chi connectivity index (χ4n) is 2.51. The Morgan fingerprint density at radius 2 is 1.95 bits per heavy atom. The summed E-state index contributed by atoms with van der Waals surface area (Å²) in [5, 5.41) is 18.7. The molecular formula is C13H25N3O4. The zero-order valence-corrected chi connectivity index (χ0v) is 12.6. The maximum Gasteiger partial charge on any atom is 0.320 e. The molecule has 1 saturated heterocycles. The summed E-state index contributed by atoms with van der Waals surface area (Å²) >= 11 is 0. The minimum Gasteiger partial charge on any atom is -0.481 e. The summed E-state index contributed by atoms with van der Waals surface area (Å²) in [6.07, 6.45) is 0.0564. The maximum absolute atomic E-state index is 12.4. The van der Waals surface area contributed by atoms with Gasteiger partial charge in [0.2, 0.25) is 0 Å². The number of hydrogen-bond acceptors (Lipinski definition) is 4. The summed E-state index contributed by atoms with van der Waals surface area (Å²) in [4.78, 5) is 28.2. The molecule has 2 N–H and O–H groups in total. The fraction of sp³-hybridized carbons (Fsp3) is 0.846. The van der Waals surface area contributed by atoms with Crippen molar-refractivity contribution >= 4 is 12.0 Å². The number of carbonyl (C=O) groups excluding carboxylic acids is 1. The molecule has 2 amide bonds. The van der Waals surface area contributed by atoms with E-state index in [-0.39, 0.29) is 18.6 Å². The third kappa shape index (κ3) is 4.35. The van der Waals surface area contributed by atoms with Crippen LogP contribution < -0.4 is 0 Å². The lowest BCUT2D eigenvalue weighted by atomic mass is 10.2. The lowest BCUT2D eigenvalue weighted by molar-refractivity contribution is -0.141. The highest BCUT2D eigenvalue weighted by molar-refractivity contribution is 5.76. The molecule has 0 aromatic rings. The number of likely N-dealkylation sites (tertiary alicyclic amines) is 1. The molecule has 0 saturated carbocycles. The molecule has 116 valence electrons. The van der Waals surface area contributed by atoms with Gasteiger partial charge in [-0.3, -0.25) is 4.79 Å². The highest BCUT2D eigenvalue weighted by Crippen LogP contribution is 2.20. The van der Waals surface area contributed by atoms with Crippen LogP contribution in [0.5, 0.6) is 0 Å². The van der Waals surface area contributed by atoms with Crippen LogP contribution in [0.25, 0.3) is 0 Å². The summed E-state index contributed by atoms with van der Waals surface area (Å²) in [6.45, 7) is 2.73. The molecule has 0 spiro atoms. The first-order chi connectivity index (χ1) is 9.22. The van der Waals surface area contributed by atoms with E-state index in [1.807, 2.05) is 19.0 Å². The molecule has 7 nitrogen and oxygen atoms in total. The van der Waals surface area contributed by atoms with Crippen LogP contribution in [0.15, 0.2) is 0 Å². The second-order valence-corrected chi connectivity index (χ2v) is 5.86. The number of carboxylic acid groups (broad SMARTS) is 1. The highest BCUT2D eigenvalue weighted by atomic mass is 16.4. The van der Waals surface area contributed by atoms with Crippen LogP contribution >= 0.6 is 0 Å². The standard InChI is InChI=1S/C13H25N3O4/c1-9(12(18)19)6-15(4)13(20)16-8-11(17)5-10(16)7-14(2)3/h9-11,17H,5-8H2,1-4H3,(H,18,19). The second kappa shape index (κ2) is 6.90. The molecule has 20 heavy (non-hydrogen) atoms. The number of aliphatic carboxylic acids is 1. The SMILES string of the molecule is CC(CN(C)C(=O)N1CC(O)CC1CN(C)C)C(=O)O. The van der Waals surface area contributed by atoms with Crippen LogP contribution in [0.1, 0.15) is 13.3 Å². The van der Waals surface area contributed by atoms with Gasteiger partial charge < -0.3 is 24.9 Å². The Bertz CT molecular complexity index is 362. The lowest BCUT2D eigenvalue weighted by Gasteiger charge is -2.31. The van der Waals surface area contributed by atoms with Crippen molar-refractivity contribution in [3.05, 3.63) is 0 Å². The third-order valence-corrected chi connectivity index (χ3v) is 3.51. The van der Waals surface area contributed by atoms with Gasteiger partial charge in [-0.1, -0.05) is 6.92 Å². The number of hydrogen-bond donors (Lipinski definition) is 2. The van der Waals surface area contributed by atoms with Crippen molar-refractivity contribution < 1.29 is 19.8 Å². The molecular weight excluding hydrogens is 262 g/mol. The van der Waals surface area contributed by atoms with Gasteiger partial charge in [-0.2, -0.15) is 0 Å². The first-order valence-electron chi connectivity index (χ1n) is 6.79.